The number of rotatable bonds is 1. The molecule has 0 saturated heterocycles. The van der Waals surface area contributed by atoms with E-state index in [-0.39, 0.29) is 6.09 Å². The molecule has 1 amide bonds. The topological polar surface area (TPSA) is 84.2 Å². The van der Waals surface area contributed by atoms with Crippen LogP contribution in [0.1, 0.15) is 37.7 Å². The van der Waals surface area contributed by atoms with Gasteiger partial charge in [-0.25, -0.2) is 4.79 Å². The number of amides is 1. The van der Waals surface area contributed by atoms with Crippen LogP contribution in [0.2, 0.25) is 0 Å². The van der Waals surface area contributed by atoms with Gasteiger partial charge < -0.3 is 15.4 Å². The van der Waals surface area contributed by atoms with Gasteiger partial charge in [0.2, 0.25) is 0 Å². The molecule has 1 aromatic rings. The van der Waals surface area contributed by atoms with Crippen LogP contribution in [0.3, 0.4) is 0 Å². The fourth-order valence-corrected chi connectivity index (χ4v) is 2.01. The first-order valence-electron chi connectivity index (χ1n) is 6.13. The lowest BCUT2D eigenvalue weighted by Gasteiger charge is -2.30. The molecular formula is C12H20N4O2. The normalized spacial score (nSPS) is 15.4. The van der Waals surface area contributed by atoms with E-state index in [1.165, 1.54) is 0 Å². The summed E-state index contributed by atoms with van der Waals surface area (Å²) in [4.78, 5) is 13.7. The summed E-state index contributed by atoms with van der Waals surface area (Å²) >= 11 is 0. The van der Waals surface area contributed by atoms with Crippen LogP contribution < -0.4 is 5.73 Å². The van der Waals surface area contributed by atoms with Gasteiger partial charge in [-0.1, -0.05) is 0 Å². The van der Waals surface area contributed by atoms with Crippen molar-refractivity contribution in [2.45, 2.75) is 45.9 Å². The number of H-pyrrole nitrogens is 1. The largest absolute Gasteiger partial charge is 0.444 e. The third-order valence-corrected chi connectivity index (χ3v) is 2.86. The van der Waals surface area contributed by atoms with Crippen molar-refractivity contribution in [3.05, 3.63) is 17.0 Å². The zero-order valence-corrected chi connectivity index (χ0v) is 11.1. The summed E-state index contributed by atoms with van der Waals surface area (Å²) in [5.41, 5.74) is 8.10. The van der Waals surface area contributed by atoms with Crippen LogP contribution in [0.25, 0.3) is 0 Å². The van der Waals surface area contributed by atoms with Gasteiger partial charge in [-0.2, -0.15) is 5.10 Å². The Balaban J connectivity index is 2.09. The average molecular weight is 252 g/mol. The fraction of sp³-hybridized carbons (Fsp3) is 0.667. The molecule has 0 radical (unpaired) electrons. The highest BCUT2D eigenvalue weighted by molar-refractivity contribution is 5.68. The maximum Gasteiger partial charge on any atom is 0.410 e. The Morgan fingerprint density at radius 2 is 2.28 bits per heavy atom. The molecule has 0 spiro atoms. The monoisotopic (exact) mass is 252 g/mol. The Hall–Kier alpha value is -1.56. The minimum absolute atomic E-state index is 0.280. The molecule has 0 fully saturated rings. The molecule has 2 rings (SSSR count). The van der Waals surface area contributed by atoms with E-state index in [1.54, 1.807) is 4.90 Å². The number of nitrogens with zero attached hydrogens (tertiary/aromatic N) is 2. The predicted octanol–water partition coefficient (Wildman–Crippen LogP) is 1.16. The molecule has 100 valence electrons. The highest BCUT2D eigenvalue weighted by Crippen LogP contribution is 2.21. The summed E-state index contributed by atoms with van der Waals surface area (Å²) in [6, 6.07) is 0. The van der Waals surface area contributed by atoms with Gasteiger partial charge in [0.1, 0.15) is 5.60 Å². The SMILES string of the molecule is CC(C)(C)OC(=O)N1CCc2[nH]nc(CN)c2C1. The second kappa shape index (κ2) is 4.61. The van der Waals surface area contributed by atoms with E-state index < -0.39 is 5.60 Å². The molecular weight excluding hydrogens is 232 g/mol. The van der Waals surface area contributed by atoms with Crippen LogP contribution >= 0.6 is 0 Å². The smallest absolute Gasteiger partial charge is 0.410 e. The maximum atomic E-state index is 12.0. The molecule has 0 saturated carbocycles. The Kier molecular flexibility index (Phi) is 3.30. The number of hydrogen-bond acceptors (Lipinski definition) is 4. The molecule has 6 heteroatoms. The standard InChI is InChI=1S/C12H20N4O2/c1-12(2,3)18-11(17)16-5-4-9-8(7-16)10(6-13)15-14-9/h4-7,13H2,1-3H3,(H,14,15). The van der Waals surface area contributed by atoms with Crippen molar-refractivity contribution in [1.29, 1.82) is 0 Å². The van der Waals surface area contributed by atoms with Gasteiger partial charge >= 0.3 is 6.09 Å². The number of ether oxygens (including phenoxy) is 1. The summed E-state index contributed by atoms with van der Waals surface area (Å²) in [7, 11) is 0. The van der Waals surface area contributed by atoms with Crippen LogP contribution in [-0.4, -0.2) is 33.3 Å². The number of aromatic amines is 1. The number of carbonyl (C=O) groups excluding carboxylic acids is 1. The minimum Gasteiger partial charge on any atom is -0.444 e. The minimum atomic E-state index is -0.468. The predicted molar refractivity (Wildman–Crippen MR) is 66.8 cm³/mol. The average Bonchev–Trinajstić information content (AvgIpc) is 2.68. The van der Waals surface area contributed by atoms with Crippen LogP contribution in [0.15, 0.2) is 0 Å². The summed E-state index contributed by atoms with van der Waals surface area (Å²) in [6.45, 7) is 7.14. The lowest BCUT2D eigenvalue weighted by molar-refractivity contribution is 0.0223. The number of nitrogens with one attached hydrogen (secondary N) is 1. The lowest BCUT2D eigenvalue weighted by Crippen LogP contribution is -2.40. The molecule has 1 aromatic heterocycles. The van der Waals surface area contributed by atoms with Gasteiger partial charge in [0, 0.05) is 30.8 Å². The summed E-state index contributed by atoms with van der Waals surface area (Å²) in [5, 5.41) is 7.13. The Labute approximate surface area is 106 Å². The van der Waals surface area contributed by atoms with Crippen molar-refractivity contribution in [2.24, 2.45) is 5.73 Å². The highest BCUT2D eigenvalue weighted by Gasteiger charge is 2.28. The Bertz CT molecular complexity index is 434. The first kappa shape index (κ1) is 12.9. The van der Waals surface area contributed by atoms with E-state index in [4.69, 9.17) is 10.5 Å². The number of fused-ring (bicyclic) bond motifs is 1. The van der Waals surface area contributed by atoms with Crippen LogP contribution in [-0.2, 0) is 24.2 Å². The number of aromatic nitrogens is 2. The van der Waals surface area contributed by atoms with Gasteiger partial charge in [-0.3, -0.25) is 5.10 Å². The van der Waals surface area contributed by atoms with E-state index in [0.29, 0.717) is 19.6 Å². The second-order valence-electron chi connectivity index (χ2n) is 5.48. The van der Waals surface area contributed by atoms with Crippen LogP contribution in [0.5, 0.6) is 0 Å². The molecule has 3 N–H and O–H groups in total. The van der Waals surface area contributed by atoms with E-state index in [1.807, 2.05) is 20.8 Å². The molecule has 1 aliphatic rings. The summed E-state index contributed by atoms with van der Waals surface area (Å²) in [6.07, 6.45) is 0.485. The Morgan fingerprint density at radius 1 is 1.56 bits per heavy atom. The highest BCUT2D eigenvalue weighted by atomic mass is 16.6. The molecule has 0 aliphatic carbocycles. The molecule has 1 aliphatic heterocycles. The molecule has 0 aromatic carbocycles. The fourth-order valence-electron chi connectivity index (χ4n) is 2.01. The van der Waals surface area contributed by atoms with Crippen LogP contribution in [0, 0.1) is 0 Å². The molecule has 2 heterocycles. The van der Waals surface area contributed by atoms with E-state index >= 15 is 0 Å². The third kappa shape index (κ3) is 2.64. The molecule has 0 atom stereocenters. The van der Waals surface area contributed by atoms with Crippen molar-refractivity contribution >= 4 is 6.09 Å². The molecule has 18 heavy (non-hydrogen) atoms. The van der Waals surface area contributed by atoms with Crippen molar-refractivity contribution in [3.8, 4) is 0 Å². The number of carbonyl (C=O) groups is 1. The maximum absolute atomic E-state index is 12.0. The lowest BCUT2D eigenvalue weighted by atomic mass is 10.1. The van der Waals surface area contributed by atoms with Crippen molar-refractivity contribution in [1.82, 2.24) is 15.1 Å². The summed E-state index contributed by atoms with van der Waals surface area (Å²) < 4.78 is 5.37. The zero-order chi connectivity index (χ0) is 13.3. The number of nitrogens with two attached hydrogens (primary N) is 1. The van der Waals surface area contributed by atoms with Gasteiger partial charge in [-0.05, 0) is 20.8 Å². The van der Waals surface area contributed by atoms with Crippen molar-refractivity contribution < 1.29 is 9.53 Å². The second-order valence-corrected chi connectivity index (χ2v) is 5.48. The molecule has 0 bridgehead atoms. The van der Waals surface area contributed by atoms with E-state index in [9.17, 15) is 4.79 Å². The van der Waals surface area contributed by atoms with Crippen molar-refractivity contribution in [2.75, 3.05) is 6.54 Å². The quantitative estimate of drug-likeness (QED) is 0.785. The zero-order valence-electron chi connectivity index (χ0n) is 11.1. The third-order valence-electron chi connectivity index (χ3n) is 2.86. The Morgan fingerprint density at radius 3 is 2.89 bits per heavy atom. The molecule has 6 nitrogen and oxygen atoms in total. The van der Waals surface area contributed by atoms with Gasteiger partial charge in [0.25, 0.3) is 0 Å². The first-order chi connectivity index (χ1) is 8.40. The summed E-state index contributed by atoms with van der Waals surface area (Å²) in [5.74, 6) is 0. The van der Waals surface area contributed by atoms with Gasteiger partial charge in [0.05, 0.1) is 12.2 Å². The number of hydrogen-bond donors (Lipinski definition) is 2. The van der Waals surface area contributed by atoms with Gasteiger partial charge in [0.15, 0.2) is 0 Å². The van der Waals surface area contributed by atoms with Crippen LogP contribution in [0.4, 0.5) is 4.79 Å². The van der Waals surface area contributed by atoms with E-state index in [2.05, 4.69) is 10.2 Å². The van der Waals surface area contributed by atoms with Gasteiger partial charge in [-0.15, -0.1) is 0 Å². The molecule has 0 unspecified atom stereocenters. The van der Waals surface area contributed by atoms with Crippen molar-refractivity contribution in [3.63, 3.8) is 0 Å². The first-order valence-corrected chi connectivity index (χ1v) is 6.13. The van der Waals surface area contributed by atoms with E-state index in [0.717, 1.165) is 23.4 Å².